The SMILES string of the molecule is CCCCN(CCCC)CCC(=O)c1cccc(Br)c1. The number of nitrogens with zero attached hydrogens (tertiary/aromatic N) is 1. The van der Waals surface area contributed by atoms with Crippen molar-refractivity contribution >= 4 is 21.7 Å². The van der Waals surface area contributed by atoms with Crippen LogP contribution >= 0.6 is 15.9 Å². The van der Waals surface area contributed by atoms with E-state index in [2.05, 4.69) is 34.7 Å². The van der Waals surface area contributed by atoms with Crippen LogP contribution in [0.3, 0.4) is 0 Å². The second-order valence-corrected chi connectivity index (χ2v) is 6.15. The zero-order valence-corrected chi connectivity index (χ0v) is 14.3. The molecule has 0 N–H and O–H groups in total. The van der Waals surface area contributed by atoms with E-state index in [0.717, 1.165) is 29.7 Å². The van der Waals surface area contributed by atoms with Gasteiger partial charge in [-0.25, -0.2) is 0 Å². The van der Waals surface area contributed by atoms with Crippen molar-refractivity contribution in [1.82, 2.24) is 4.90 Å². The summed E-state index contributed by atoms with van der Waals surface area (Å²) in [7, 11) is 0. The third kappa shape index (κ3) is 6.67. The summed E-state index contributed by atoms with van der Waals surface area (Å²) in [5.41, 5.74) is 0.810. The van der Waals surface area contributed by atoms with E-state index in [0.29, 0.717) is 6.42 Å². The maximum atomic E-state index is 12.2. The molecular weight excluding hydrogens is 314 g/mol. The van der Waals surface area contributed by atoms with Crippen LogP contribution in [0.25, 0.3) is 0 Å². The molecule has 0 radical (unpaired) electrons. The molecule has 0 unspecified atom stereocenters. The highest BCUT2D eigenvalue weighted by molar-refractivity contribution is 9.10. The summed E-state index contributed by atoms with van der Waals surface area (Å²) in [4.78, 5) is 14.6. The van der Waals surface area contributed by atoms with E-state index in [9.17, 15) is 4.79 Å². The molecule has 0 heterocycles. The van der Waals surface area contributed by atoms with Gasteiger partial charge in [-0.05, 0) is 38.1 Å². The van der Waals surface area contributed by atoms with E-state index >= 15 is 0 Å². The number of ketones is 1. The highest BCUT2D eigenvalue weighted by atomic mass is 79.9. The van der Waals surface area contributed by atoms with E-state index in [-0.39, 0.29) is 5.78 Å². The van der Waals surface area contributed by atoms with Gasteiger partial charge in [-0.2, -0.15) is 0 Å². The fourth-order valence-electron chi connectivity index (χ4n) is 2.16. The van der Waals surface area contributed by atoms with E-state index < -0.39 is 0 Å². The predicted octanol–water partition coefficient (Wildman–Crippen LogP) is 4.92. The summed E-state index contributed by atoms with van der Waals surface area (Å²) in [6.07, 6.45) is 5.47. The van der Waals surface area contributed by atoms with E-state index in [1.165, 1.54) is 25.7 Å². The van der Waals surface area contributed by atoms with Gasteiger partial charge in [-0.1, -0.05) is 54.8 Å². The Morgan fingerprint density at radius 3 is 2.30 bits per heavy atom. The number of carbonyl (C=O) groups excluding carboxylic acids is 1. The van der Waals surface area contributed by atoms with Gasteiger partial charge in [0.15, 0.2) is 5.78 Å². The first-order valence-electron chi connectivity index (χ1n) is 7.68. The highest BCUT2D eigenvalue weighted by Crippen LogP contribution is 2.13. The normalized spacial score (nSPS) is 11.0. The number of hydrogen-bond donors (Lipinski definition) is 0. The Hall–Kier alpha value is -0.670. The van der Waals surface area contributed by atoms with Crippen LogP contribution in [0.5, 0.6) is 0 Å². The molecule has 3 heteroatoms. The molecule has 0 fully saturated rings. The Morgan fingerprint density at radius 2 is 1.75 bits per heavy atom. The minimum absolute atomic E-state index is 0.240. The quantitative estimate of drug-likeness (QED) is 0.563. The van der Waals surface area contributed by atoms with Crippen molar-refractivity contribution in [2.45, 2.75) is 46.0 Å². The lowest BCUT2D eigenvalue weighted by molar-refractivity contribution is 0.0963. The summed E-state index contributed by atoms with van der Waals surface area (Å²) >= 11 is 3.42. The molecule has 0 aromatic heterocycles. The number of benzene rings is 1. The molecule has 0 aliphatic heterocycles. The van der Waals surface area contributed by atoms with Gasteiger partial charge in [0.05, 0.1) is 0 Å². The fraction of sp³-hybridized carbons (Fsp3) is 0.588. The highest BCUT2D eigenvalue weighted by Gasteiger charge is 2.10. The maximum Gasteiger partial charge on any atom is 0.164 e. The number of halogens is 1. The lowest BCUT2D eigenvalue weighted by atomic mass is 10.1. The standard InChI is InChI=1S/C17H26BrNO/c1-3-5-11-19(12-6-4-2)13-10-17(20)15-8-7-9-16(18)14-15/h7-9,14H,3-6,10-13H2,1-2H3. The summed E-state index contributed by atoms with van der Waals surface area (Å²) < 4.78 is 0.970. The summed E-state index contributed by atoms with van der Waals surface area (Å²) in [6, 6.07) is 7.68. The van der Waals surface area contributed by atoms with Crippen molar-refractivity contribution in [1.29, 1.82) is 0 Å². The van der Waals surface area contributed by atoms with Gasteiger partial charge < -0.3 is 4.90 Å². The molecule has 20 heavy (non-hydrogen) atoms. The van der Waals surface area contributed by atoms with Crippen molar-refractivity contribution in [2.24, 2.45) is 0 Å². The molecule has 112 valence electrons. The fourth-order valence-corrected chi connectivity index (χ4v) is 2.56. The second-order valence-electron chi connectivity index (χ2n) is 5.23. The lowest BCUT2D eigenvalue weighted by Gasteiger charge is -2.21. The molecule has 0 saturated heterocycles. The first-order chi connectivity index (χ1) is 9.67. The molecule has 1 rings (SSSR count). The van der Waals surface area contributed by atoms with Gasteiger partial charge in [-0.15, -0.1) is 0 Å². The minimum atomic E-state index is 0.240. The Bertz CT molecular complexity index is 398. The Kier molecular flexibility index (Phi) is 8.79. The smallest absolute Gasteiger partial charge is 0.164 e. The van der Waals surface area contributed by atoms with E-state index in [4.69, 9.17) is 0 Å². The van der Waals surface area contributed by atoms with Gasteiger partial charge in [0.1, 0.15) is 0 Å². The Balaban J connectivity index is 2.46. The summed E-state index contributed by atoms with van der Waals surface area (Å²) in [6.45, 7) is 7.53. The molecule has 1 aromatic carbocycles. The van der Waals surface area contributed by atoms with Gasteiger partial charge >= 0.3 is 0 Å². The molecule has 0 saturated carbocycles. The molecule has 0 amide bonds. The minimum Gasteiger partial charge on any atom is -0.303 e. The average Bonchev–Trinajstić information content (AvgIpc) is 2.46. The molecule has 0 atom stereocenters. The van der Waals surface area contributed by atoms with E-state index in [1.807, 2.05) is 24.3 Å². The van der Waals surface area contributed by atoms with Crippen LogP contribution in [-0.4, -0.2) is 30.3 Å². The number of hydrogen-bond acceptors (Lipinski definition) is 2. The van der Waals surface area contributed by atoms with Gasteiger partial charge in [0.2, 0.25) is 0 Å². The topological polar surface area (TPSA) is 20.3 Å². The molecule has 0 aliphatic rings. The van der Waals surface area contributed by atoms with Crippen LogP contribution in [0.1, 0.15) is 56.3 Å². The van der Waals surface area contributed by atoms with E-state index in [1.54, 1.807) is 0 Å². The molecular formula is C17H26BrNO. The first kappa shape index (κ1) is 17.4. The zero-order chi connectivity index (χ0) is 14.8. The van der Waals surface area contributed by atoms with Crippen LogP contribution in [0.15, 0.2) is 28.7 Å². The number of unbranched alkanes of at least 4 members (excludes halogenated alkanes) is 2. The van der Waals surface area contributed by atoms with Crippen molar-refractivity contribution in [3.63, 3.8) is 0 Å². The maximum absolute atomic E-state index is 12.2. The average molecular weight is 340 g/mol. The van der Waals surface area contributed by atoms with Crippen LogP contribution in [0, 0.1) is 0 Å². The first-order valence-corrected chi connectivity index (χ1v) is 8.47. The number of rotatable bonds is 10. The second kappa shape index (κ2) is 10.1. The summed E-state index contributed by atoms with van der Waals surface area (Å²) in [5.74, 6) is 0.240. The van der Waals surface area contributed by atoms with Crippen molar-refractivity contribution < 1.29 is 4.79 Å². The largest absolute Gasteiger partial charge is 0.303 e. The van der Waals surface area contributed by atoms with Crippen LogP contribution in [-0.2, 0) is 0 Å². The zero-order valence-electron chi connectivity index (χ0n) is 12.7. The Labute approximate surface area is 131 Å². The van der Waals surface area contributed by atoms with Crippen LogP contribution < -0.4 is 0 Å². The van der Waals surface area contributed by atoms with Crippen molar-refractivity contribution in [3.8, 4) is 0 Å². The number of carbonyl (C=O) groups is 1. The predicted molar refractivity (Wildman–Crippen MR) is 89.3 cm³/mol. The van der Waals surface area contributed by atoms with Crippen LogP contribution in [0.2, 0.25) is 0 Å². The van der Waals surface area contributed by atoms with Gasteiger partial charge in [0, 0.05) is 23.0 Å². The molecule has 2 nitrogen and oxygen atoms in total. The third-order valence-electron chi connectivity index (χ3n) is 3.46. The molecule has 0 spiro atoms. The monoisotopic (exact) mass is 339 g/mol. The van der Waals surface area contributed by atoms with Crippen molar-refractivity contribution in [3.05, 3.63) is 34.3 Å². The summed E-state index contributed by atoms with van der Waals surface area (Å²) in [5, 5.41) is 0. The van der Waals surface area contributed by atoms with Crippen LogP contribution in [0.4, 0.5) is 0 Å². The van der Waals surface area contributed by atoms with Crippen molar-refractivity contribution in [2.75, 3.05) is 19.6 Å². The van der Waals surface area contributed by atoms with Gasteiger partial charge in [-0.3, -0.25) is 4.79 Å². The number of Topliss-reactive ketones (excluding diaryl/α,β-unsaturated/α-hetero) is 1. The molecule has 0 aliphatic carbocycles. The third-order valence-corrected chi connectivity index (χ3v) is 3.95. The Morgan fingerprint density at radius 1 is 1.10 bits per heavy atom. The lowest BCUT2D eigenvalue weighted by Crippen LogP contribution is -2.28. The van der Waals surface area contributed by atoms with Gasteiger partial charge in [0.25, 0.3) is 0 Å². The molecule has 0 bridgehead atoms. The molecule has 1 aromatic rings.